The van der Waals surface area contributed by atoms with Crippen molar-refractivity contribution in [3.63, 3.8) is 0 Å². The lowest BCUT2D eigenvalue weighted by molar-refractivity contribution is -0.137. The predicted molar refractivity (Wildman–Crippen MR) is 58.7 cm³/mol. The first-order chi connectivity index (χ1) is 8.49. The van der Waals surface area contributed by atoms with Crippen LogP contribution >= 0.6 is 0 Å². The summed E-state index contributed by atoms with van der Waals surface area (Å²) in [6.45, 7) is 0.199. The number of carboxylic acids is 1. The molecule has 7 nitrogen and oxygen atoms in total. The number of nitrogens with one attached hydrogen (secondary N) is 1. The summed E-state index contributed by atoms with van der Waals surface area (Å²) >= 11 is 0. The molecule has 0 saturated carbocycles. The lowest BCUT2D eigenvalue weighted by Crippen LogP contribution is -2.36. The molecule has 0 spiro atoms. The van der Waals surface area contributed by atoms with Crippen molar-refractivity contribution in [2.45, 2.75) is 19.0 Å². The molecule has 1 aromatic heterocycles. The molecule has 18 heavy (non-hydrogen) atoms. The molecule has 1 aromatic rings. The first kappa shape index (κ1) is 12.3. The SMILES string of the molecule is CN1C(=O)CC(NCc2ccc(C(=O)O)o2)C1=O. The molecule has 1 aliphatic heterocycles. The largest absolute Gasteiger partial charge is 0.475 e. The van der Waals surface area contributed by atoms with Gasteiger partial charge < -0.3 is 9.52 Å². The Morgan fingerprint density at radius 3 is 2.78 bits per heavy atom. The second kappa shape index (κ2) is 4.61. The molecule has 0 aliphatic carbocycles. The van der Waals surface area contributed by atoms with Crippen LogP contribution in [0.3, 0.4) is 0 Å². The number of carbonyl (C=O) groups excluding carboxylic acids is 2. The highest BCUT2D eigenvalue weighted by Crippen LogP contribution is 2.12. The number of hydrogen-bond acceptors (Lipinski definition) is 5. The van der Waals surface area contributed by atoms with E-state index >= 15 is 0 Å². The number of nitrogens with zero attached hydrogens (tertiary/aromatic N) is 1. The number of likely N-dealkylation sites (tertiary alicyclic amines) is 1. The minimum Gasteiger partial charge on any atom is -0.475 e. The quantitative estimate of drug-likeness (QED) is 0.721. The van der Waals surface area contributed by atoms with Gasteiger partial charge in [-0.05, 0) is 12.1 Å². The highest BCUT2D eigenvalue weighted by molar-refractivity contribution is 6.05. The van der Waals surface area contributed by atoms with E-state index in [1.54, 1.807) is 0 Å². The van der Waals surface area contributed by atoms with Gasteiger partial charge in [0.15, 0.2) is 0 Å². The number of aromatic carboxylic acids is 1. The second-order valence-corrected chi connectivity index (χ2v) is 4.00. The van der Waals surface area contributed by atoms with Gasteiger partial charge in [0.25, 0.3) is 0 Å². The van der Waals surface area contributed by atoms with Crippen LogP contribution in [0.25, 0.3) is 0 Å². The molecule has 2 heterocycles. The highest BCUT2D eigenvalue weighted by atomic mass is 16.4. The van der Waals surface area contributed by atoms with Crippen LogP contribution in [0.1, 0.15) is 22.7 Å². The molecule has 1 fully saturated rings. The monoisotopic (exact) mass is 252 g/mol. The van der Waals surface area contributed by atoms with Gasteiger partial charge in [0.05, 0.1) is 19.0 Å². The van der Waals surface area contributed by atoms with E-state index in [4.69, 9.17) is 9.52 Å². The van der Waals surface area contributed by atoms with E-state index in [1.807, 2.05) is 0 Å². The van der Waals surface area contributed by atoms with Crippen molar-refractivity contribution in [3.05, 3.63) is 23.7 Å². The van der Waals surface area contributed by atoms with Gasteiger partial charge in [-0.2, -0.15) is 0 Å². The highest BCUT2D eigenvalue weighted by Gasteiger charge is 2.35. The maximum atomic E-state index is 11.6. The van der Waals surface area contributed by atoms with E-state index in [2.05, 4.69) is 5.32 Å². The third kappa shape index (κ3) is 2.25. The summed E-state index contributed by atoms with van der Waals surface area (Å²) in [6, 6.07) is 2.29. The Kier molecular flexibility index (Phi) is 3.15. The third-order valence-electron chi connectivity index (χ3n) is 2.78. The van der Waals surface area contributed by atoms with E-state index in [1.165, 1.54) is 19.2 Å². The van der Waals surface area contributed by atoms with Crippen LogP contribution in [0.15, 0.2) is 16.5 Å². The van der Waals surface area contributed by atoms with Crippen molar-refractivity contribution in [1.82, 2.24) is 10.2 Å². The number of imide groups is 1. The first-order valence-corrected chi connectivity index (χ1v) is 5.35. The average molecular weight is 252 g/mol. The van der Waals surface area contributed by atoms with Crippen LogP contribution in [-0.2, 0) is 16.1 Å². The van der Waals surface area contributed by atoms with Crippen LogP contribution < -0.4 is 5.32 Å². The number of carboxylic acid groups (broad SMARTS) is 1. The minimum absolute atomic E-state index is 0.113. The van der Waals surface area contributed by atoms with Gasteiger partial charge in [0.2, 0.25) is 17.6 Å². The predicted octanol–water partition coefficient (Wildman–Crippen LogP) is -0.175. The second-order valence-electron chi connectivity index (χ2n) is 4.00. The number of hydrogen-bond donors (Lipinski definition) is 2. The van der Waals surface area contributed by atoms with E-state index in [-0.39, 0.29) is 30.5 Å². The normalized spacial score (nSPS) is 19.6. The zero-order valence-electron chi connectivity index (χ0n) is 9.67. The lowest BCUT2D eigenvalue weighted by atomic mass is 10.2. The molecule has 7 heteroatoms. The maximum Gasteiger partial charge on any atom is 0.371 e. The Morgan fingerprint density at radius 1 is 1.56 bits per heavy atom. The van der Waals surface area contributed by atoms with Gasteiger partial charge >= 0.3 is 5.97 Å². The van der Waals surface area contributed by atoms with Crippen molar-refractivity contribution in [1.29, 1.82) is 0 Å². The van der Waals surface area contributed by atoms with Crippen molar-refractivity contribution in [3.8, 4) is 0 Å². The molecule has 2 rings (SSSR count). The standard InChI is InChI=1S/C11H12N2O5/c1-13-9(14)4-7(10(13)15)12-5-6-2-3-8(18-6)11(16)17/h2-3,7,12H,4-5H2,1H3,(H,16,17). The van der Waals surface area contributed by atoms with Crippen LogP contribution in [-0.4, -0.2) is 40.9 Å². The summed E-state index contributed by atoms with van der Waals surface area (Å²) in [5, 5.41) is 11.5. The molecule has 1 atom stereocenters. The number of likely N-dealkylation sites (N-methyl/N-ethyl adjacent to an activating group) is 1. The van der Waals surface area contributed by atoms with Crippen LogP contribution in [0, 0.1) is 0 Å². The maximum absolute atomic E-state index is 11.6. The fourth-order valence-electron chi connectivity index (χ4n) is 1.73. The van der Waals surface area contributed by atoms with Crippen molar-refractivity contribution >= 4 is 17.8 Å². The van der Waals surface area contributed by atoms with Gasteiger partial charge in [0, 0.05) is 7.05 Å². The van der Waals surface area contributed by atoms with Gasteiger partial charge in [0.1, 0.15) is 5.76 Å². The van der Waals surface area contributed by atoms with Gasteiger partial charge in [-0.25, -0.2) is 4.79 Å². The van der Waals surface area contributed by atoms with E-state index in [0.717, 1.165) is 4.90 Å². The smallest absolute Gasteiger partial charge is 0.371 e. The van der Waals surface area contributed by atoms with Crippen molar-refractivity contribution in [2.24, 2.45) is 0 Å². The zero-order valence-corrected chi connectivity index (χ0v) is 9.67. The van der Waals surface area contributed by atoms with Gasteiger partial charge in [-0.15, -0.1) is 0 Å². The molecular weight excluding hydrogens is 240 g/mol. The zero-order chi connectivity index (χ0) is 13.3. The van der Waals surface area contributed by atoms with E-state index in [9.17, 15) is 14.4 Å². The molecule has 0 aromatic carbocycles. The summed E-state index contributed by atoms with van der Waals surface area (Å²) in [4.78, 5) is 34.5. The van der Waals surface area contributed by atoms with Crippen LogP contribution in [0.2, 0.25) is 0 Å². The van der Waals surface area contributed by atoms with Gasteiger partial charge in [-0.3, -0.25) is 19.8 Å². The number of amides is 2. The topological polar surface area (TPSA) is 99.8 Å². The Morgan fingerprint density at radius 2 is 2.28 bits per heavy atom. The Bertz CT molecular complexity index is 507. The van der Waals surface area contributed by atoms with Crippen LogP contribution in [0.5, 0.6) is 0 Å². The van der Waals surface area contributed by atoms with E-state index in [0.29, 0.717) is 5.76 Å². The Labute approximate surface area is 102 Å². The summed E-state index contributed by atoms with van der Waals surface area (Å²) in [5.74, 6) is -1.42. The summed E-state index contributed by atoms with van der Waals surface area (Å²) in [5.41, 5.74) is 0. The number of furan rings is 1. The van der Waals surface area contributed by atoms with Crippen molar-refractivity contribution < 1.29 is 23.9 Å². The average Bonchev–Trinajstić information content (AvgIpc) is 2.88. The molecule has 1 unspecified atom stereocenters. The molecule has 0 radical (unpaired) electrons. The third-order valence-corrected chi connectivity index (χ3v) is 2.78. The molecule has 0 bridgehead atoms. The fourth-order valence-corrected chi connectivity index (χ4v) is 1.73. The van der Waals surface area contributed by atoms with E-state index < -0.39 is 12.0 Å². The number of rotatable bonds is 4. The Balaban J connectivity index is 1.94. The molecule has 2 N–H and O–H groups in total. The number of carbonyl (C=O) groups is 3. The molecule has 96 valence electrons. The van der Waals surface area contributed by atoms with Crippen LogP contribution in [0.4, 0.5) is 0 Å². The summed E-state index contributed by atoms with van der Waals surface area (Å²) < 4.78 is 5.02. The molecule has 2 amide bonds. The molecule has 1 saturated heterocycles. The minimum atomic E-state index is -1.15. The molecular formula is C11H12N2O5. The fraction of sp³-hybridized carbons (Fsp3) is 0.364. The van der Waals surface area contributed by atoms with Gasteiger partial charge in [-0.1, -0.05) is 0 Å². The summed E-state index contributed by atoms with van der Waals surface area (Å²) in [6.07, 6.45) is 0.113. The first-order valence-electron chi connectivity index (χ1n) is 5.35. The lowest BCUT2D eigenvalue weighted by Gasteiger charge is -2.09. The molecule has 1 aliphatic rings. The van der Waals surface area contributed by atoms with Crippen molar-refractivity contribution in [2.75, 3.05) is 7.05 Å². The Hall–Kier alpha value is -2.15. The summed E-state index contributed by atoms with van der Waals surface area (Å²) in [7, 11) is 1.43.